The Kier molecular flexibility index (Phi) is 3.03. The third kappa shape index (κ3) is 2.28. The van der Waals surface area contributed by atoms with E-state index in [2.05, 4.69) is 5.10 Å². The molecule has 0 bridgehead atoms. The molecule has 0 aliphatic carbocycles. The maximum Gasteiger partial charge on any atom is 0.140 e. The minimum atomic E-state index is -0.390. The second-order valence-electron chi connectivity index (χ2n) is 3.31. The molecule has 2 rings (SSSR count). The Balaban J connectivity index is 2.30. The molecule has 0 aliphatic rings. The van der Waals surface area contributed by atoms with Crippen LogP contribution in [0.1, 0.15) is 5.56 Å². The molecule has 1 aromatic carbocycles. The average molecular weight is 260 g/mol. The highest BCUT2D eigenvalue weighted by molar-refractivity contribution is 6.32. The molecule has 2 N–H and O–H groups in total. The molecule has 84 valence electrons. The van der Waals surface area contributed by atoms with E-state index in [0.29, 0.717) is 28.0 Å². The van der Waals surface area contributed by atoms with E-state index in [9.17, 15) is 4.39 Å². The summed E-state index contributed by atoms with van der Waals surface area (Å²) in [6.45, 7) is 0.329. The van der Waals surface area contributed by atoms with Crippen LogP contribution in [0.4, 0.5) is 10.2 Å². The molecule has 2 aromatic rings. The van der Waals surface area contributed by atoms with Gasteiger partial charge in [0.2, 0.25) is 0 Å². The standard InChI is InChI=1S/C10H8Cl2FN3/c11-7-1-6(2-8(13)3-7)5-16-10(14)9(12)4-15-16/h1-4H,5,14H2. The van der Waals surface area contributed by atoms with Gasteiger partial charge in [0, 0.05) is 5.02 Å². The number of rotatable bonds is 2. The molecule has 1 aromatic heterocycles. The summed E-state index contributed by atoms with van der Waals surface area (Å²) >= 11 is 11.5. The predicted molar refractivity (Wildman–Crippen MR) is 62.2 cm³/mol. The van der Waals surface area contributed by atoms with Gasteiger partial charge < -0.3 is 5.73 Å². The van der Waals surface area contributed by atoms with Crippen LogP contribution >= 0.6 is 23.2 Å². The van der Waals surface area contributed by atoms with E-state index in [1.54, 1.807) is 6.07 Å². The van der Waals surface area contributed by atoms with Crippen LogP contribution in [0.15, 0.2) is 24.4 Å². The van der Waals surface area contributed by atoms with Gasteiger partial charge in [-0.05, 0) is 23.8 Å². The van der Waals surface area contributed by atoms with E-state index in [-0.39, 0.29) is 5.82 Å². The highest BCUT2D eigenvalue weighted by Crippen LogP contribution is 2.20. The lowest BCUT2D eigenvalue weighted by molar-refractivity contribution is 0.620. The molecule has 0 aliphatic heterocycles. The maximum absolute atomic E-state index is 13.1. The number of nitrogen functional groups attached to an aromatic ring is 1. The molecule has 0 unspecified atom stereocenters. The van der Waals surface area contributed by atoms with Crippen LogP contribution in [-0.2, 0) is 6.54 Å². The molecule has 0 saturated heterocycles. The monoisotopic (exact) mass is 259 g/mol. The van der Waals surface area contributed by atoms with Crippen molar-refractivity contribution in [2.24, 2.45) is 0 Å². The summed E-state index contributed by atoms with van der Waals surface area (Å²) in [6.07, 6.45) is 1.44. The number of benzene rings is 1. The smallest absolute Gasteiger partial charge is 0.140 e. The molecule has 3 nitrogen and oxygen atoms in total. The number of nitrogens with zero attached hydrogens (tertiary/aromatic N) is 2. The van der Waals surface area contributed by atoms with Gasteiger partial charge in [0.25, 0.3) is 0 Å². The van der Waals surface area contributed by atoms with Crippen LogP contribution in [0.25, 0.3) is 0 Å². The Labute approximate surface area is 102 Å². The predicted octanol–water partition coefficient (Wildman–Crippen LogP) is 2.96. The van der Waals surface area contributed by atoms with Gasteiger partial charge in [-0.25, -0.2) is 9.07 Å². The Hall–Kier alpha value is -1.26. The maximum atomic E-state index is 13.1. The fraction of sp³-hybridized carbons (Fsp3) is 0.100. The summed E-state index contributed by atoms with van der Waals surface area (Å²) in [4.78, 5) is 0. The van der Waals surface area contributed by atoms with Crippen LogP contribution in [0.2, 0.25) is 10.0 Å². The van der Waals surface area contributed by atoms with Crippen molar-refractivity contribution in [3.63, 3.8) is 0 Å². The summed E-state index contributed by atoms with van der Waals surface area (Å²) < 4.78 is 14.5. The zero-order valence-corrected chi connectivity index (χ0v) is 9.63. The molecule has 0 saturated carbocycles. The van der Waals surface area contributed by atoms with Crippen molar-refractivity contribution in [3.8, 4) is 0 Å². The minimum Gasteiger partial charge on any atom is -0.383 e. The lowest BCUT2D eigenvalue weighted by atomic mass is 10.2. The molecule has 0 fully saturated rings. The van der Waals surface area contributed by atoms with Crippen LogP contribution in [-0.4, -0.2) is 9.78 Å². The van der Waals surface area contributed by atoms with Gasteiger partial charge in [-0.15, -0.1) is 0 Å². The van der Waals surface area contributed by atoms with E-state index in [4.69, 9.17) is 28.9 Å². The topological polar surface area (TPSA) is 43.8 Å². The third-order valence-corrected chi connectivity index (χ3v) is 2.60. The van der Waals surface area contributed by atoms with Crippen LogP contribution in [0.3, 0.4) is 0 Å². The van der Waals surface area contributed by atoms with Crippen LogP contribution in [0, 0.1) is 5.82 Å². The second-order valence-corrected chi connectivity index (χ2v) is 4.16. The molecular formula is C10H8Cl2FN3. The summed E-state index contributed by atoms with van der Waals surface area (Å²) in [6, 6.07) is 4.27. The van der Waals surface area contributed by atoms with Crippen molar-refractivity contribution < 1.29 is 4.39 Å². The number of hydrogen-bond acceptors (Lipinski definition) is 2. The molecule has 16 heavy (non-hydrogen) atoms. The summed E-state index contributed by atoms with van der Waals surface area (Å²) in [5.41, 5.74) is 6.35. The summed E-state index contributed by atoms with van der Waals surface area (Å²) in [7, 11) is 0. The van der Waals surface area contributed by atoms with Crippen LogP contribution in [0.5, 0.6) is 0 Å². The van der Waals surface area contributed by atoms with E-state index < -0.39 is 0 Å². The Morgan fingerprint density at radius 3 is 2.62 bits per heavy atom. The van der Waals surface area contributed by atoms with E-state index >= 15 is 0 Å². The zero-order valence-electron chi connectivity index (χ0n) is 8.12. The third-order valence-electron chi connectivity index (χ3n) is 2.09. The molecular weight excluding hydrogens is 252 g/mol. The molecule has 1 heterocycles. The molecule has 0 atom stereocenters. The first-order valence-corrected chi connectivity index (χ1v) is 5.23. The highest BCUT2D eigenvalue weighted by Gasteiger charge is 2.06. The number of halogens is 3. The van der Waals surface area contributed by atoms with Gasteiger partial charge in [0.15, 0.2) is 0 Å². The SMILES string of the molecule is Nc1c(Cl)cnn1Cc1cc(F)cc(Cl)c1. The first-order valence-electron chi connectivity index (χ1n) is 4.48. The van der Waals surface area contributed by atoms with Gasteiger partial charge in [-0.2, -0.15) is 5.10 Å². The minimum absolute atomic E-state index is 0.329. The first-order chi connectivity index (χ1) is 7.56. The average Bonchev–Trinajstić information content (AvgIpc) is 2.48. The van der Waals surface area contributed by atoms with Crippen molar-refractivity contribution in [1.29, 1.82) is 0 Å². The molecule has 0 amide bonds. The van der Waals surface area contributed by atoms with Gasteiger partial charge in [-0.3, -0.25) is 0 Å². The van der Waals surface area contributed by atoms with Crippen molar-refractivity contribution >= 4 is 29.0 Å². The van der Waals surface area contributed by atoms with Crippen molar-refractivity contribution in [2.75, 3.05) is 5.73 Å². The highest BCUT2D eigenvalue weighted by atomic mass is 35.5. The zero-order chi connectivity index (χ0) is 11.7. The fourth-order valence-electron chi connectivity index (χ4n) is 1.37. The van der Waals surface area contributed by atoms with Crippen molar-refractivity contribution in [1.82, 2.24) is 9.78 Å². The first kappa shape index (κ1) is 11.2. The molecule has 0 spiro atoms. The summed E-state index contributed by atoms with van der Waals surface area (Å²) in [5, 5.41) is 4.68. The normalized spacial score (nSPS) is 10.7. The summed E-state index contributed by atoms with van der Waals surface area (Å²) in [5.74, 6) is -0.0404. The Morgan fingerprint density at radius 2 is 2.06 bits per heavy atom. The van der Waals surface area contributed by atoms with Crippen LogP contribution < -0.4 is 5.73 Å². The lowest BCUT2D eigenvalue weighted by Gasteiger charge is -2.05. The van der Waals surface area contributed by atoms with Gasteiger partial charge in [0.1, 0.15) is 16.7 Å². The quantitative estimate of drug-likeness (QED) is 0.902. The van der Waals surface area contributed by atoms with E-state index in [0.717, 1.165) is 0 Å². The molecule has 6 heteroatoms. The van der Waals surface area contributed by atoms with Gasteiger partial charge >= 0.3 is 0 Å². The van der Waals surface area contributed by atoms with Gasteiger partial charge in [0.05, 0.1) is 12.7 Å². The van der Waals surface area contributed by atoms with Crippen molar-refractivity contribution in [2.45, 2.75) is 6.54 Å². The number of aromatic nitrogens is 2. The Bertz CT molecular complexity index is 505. The van der Waals surface area contributed by atoms with Gasteiger partial charge in [-0.1, -0.05) is 23.2 Å². The number of nitrogens with two attached hydrogens (primary N) is 1. The lowest BCUT2D eigenvalue weighted by Crippen LogP contribution is -2.06. The number of hydrogen-bond donors (Lipinski definition) is 1. The number of anilines is 1. The largest absolute Gasteiger partial charge is 0.383 e. The van der Waals surface area contributed by atoms with E-state index in [1.165, 1.54) is 23.0 Å². The van der Waals surface area contributed by atoms with E-state index in [1.807, 2.05) is 0 Å². The molecule has 0 radical (unpaired) electrons. The second kappa shape index (κ2) is 4.31. The Morgan fingerprint density at radius 1 is 1.31 bits per heavy atom. The van der Waals surface area contributed by atoms with Crippen molar-refractivity contribution in [3.05, 3.63) is 45.8 Å². The fourth-order valence-corrected chi connectivity index (χ4v) is 1.76.